The van der Waals surface area contributed by atoms with Gasteiger partial charge in [0.15, 0.2) is 0 Å². The van der Waals surface area contributed by atoms with Crippen LogP contribution in [-0.4, -0.2) is 23.9 Å². The highest BCUT2D eigenvalue weighted by atomic mass is 19.4. The van der Waals surface area contributed by atoms with Gasteiger partial charge in [0.1, 0.15) is 5.60 Å². The minimum atomic E-state index is -4.22. The van der Waals surface area contributed by atoms with Crippen molar-refractivity contribution in [1.82, 2.24) is 5.32 Å². The highest BCUT2D eigenvalue weighted by molar-refractivity contribution is 5.68. The van der Waals surface area contributed by atoms with Crippen molar-refractivity contribution >= 4 is 6.09 Å². The van der Waals surface area contributed by atoms with Crippen molar-refractivity contribution in [3.8, 4) is 0 Å². The molecule has 88 valence electrons. The smallest absolute Gasteiger partial charge is 0.407 e. The summed E-state index contributed by atoms with van der Waals surface area (Å²) in [7, 11) is 0. The van der Waals surface area contributed by atoms with Gasteiger partial charge in [0.2, 0.25) is 0 Å². The van der Waals surface area contributed by atoms with Crippen molar-refractivity contribution in [2.75, 3.05) is 0 Å². The zero-order valence-corrected chi connectivity index (χ0v) is 8.81. The molecule has 1 N–H and O–H groups in total. The first-order valence-corrected chi connectivity index (χ1v) is 4.66. The molecule has 0 aromatic rings. The van der Waals surface area contributed by atoms with Crippen LogP contribution in [0, 0.1) is 5.92 Å². The fourth-order valence-corrected chi connectivity index (χ4v) is 1.18. The monoisotopic (exact) mass is 225 g/mol. The molecule has 1 aliphatic rings. The number of rotatable bonds is 1. The fraction of sp³-hybridized carbons (Fsp3) is 0.889. The lowest BCUT2D eigenvalue weighted by atomic mass is 10.2. The van der Waals surface area contributed by atoms with E-state index in [0.717, 1.165) is 0 Å². The van der Waals surface area contributed by atoms with E-state index in [1.165, 1.54) is 0 Å². The van der Waals surface area contributed by atoms with Gasteiger partial charge in [0.05, 0.1) is 5.92 Å². The second-order valence-corrected chi connectivity index (χ2v) is 4.64. The van der Waals surface area contributed by atoms with Crippen LogP contribution in [0.2, 0.25) is 0 Å². The van der Waals surface area contributed by atoms with Crippen LogP contribution in [0.4, 0.5) is 18.0 Å². The van der Waals surface area contributed by atoms with Crippen molar-refractivity contribution in [2.45, 2.75) is 45.0 Å². The number of hydrogen-bond donors (Lipinski definition) is 1. The molecule has 1 fully saturated rings. The lowest BCUT2D eigenvalue weighted by molar-refractivity contribution is -0.148. The molecule has 0 aliphatic heterocycles. The first-order valence-electron chi connectivity index (χ1n) is 4.66. The maximum absolute atomic E-state index is 12.1. The van der Waals surface area contributed by atoms with Gasteiger partial charge in [-0.1, -0.05) is 0 Å². The van der Waals surface area contributed by atoms with Crippen molar-refractivity contribution in [3.63, 3.8) is 0 Å². The summed E-state index contributed by atoms with van der Waals surface area (Å²) in [5, 5.41) is 2.19. The summed E-state index contributed by atoms with van der Waals surface area (Å²) in [5.74, 6) is -1.41. The number of carbonyl (C=O) groups is 1. The van der Waals surface area contributed by atoms with Gasteiger partial charge in [-0.15, -0.1) is 0 Å². The van der Waals surface area contributed by atoms with Crippen LogP contribution in [0.5, 0.6) is 0 Å². The molecule has 6 heteroatoms. The van der Waals surface area contributed by atoms with E-state index < -0.39 is 29.8 Å². The maximum Gasteiger partial charge on any atom is 0.407 e. The number of ether oxygens (including phenoxy) is 1. The molecule has 0 radical (unpaired) electrons. The Balaban J connectivity index is 2.31. The van der Waals surface area contributed by atoms with Crippen molar-refractivity contribution in [3.05, 3.63) is 0 Å². The average Bonchev–Trinajstić information content (AvgIpc) is 2.59. The summed E-state index contributed by atoms with van der Waals surface area (Å²) in [6, 6.07) is -0.820. The molecule has 0 bridgehead atoms. The van der Waals surface area contributed by atoms with E-state index >= 15 is 0 Å². The Hall–Kier alpha value is -0.940. The van der Waals surface area contributed by atoms with Crippen LogP contribution in [-0.2, 0) is 4.74 Å². The molecule has 0 heterocycles. The number of alkyl carbamates (subject to hydrolysis) is 1. The van der Waals surface area contributed by atoms with Crippen LogP contribution in [0.1, 0.15) is 27.2 Å². The van der Waals surface area contributed by atoms with Crippen LogP contribution < -0.4 is 5.32 Å². The summed E-state index contributed by atoms with van der Waals surface area (Å²) in [6.07, 6.45) is -5.07. The van der Waals surface area contributed by atoms with Gasteiger partial charge in [0, 0.05) is 6.04 Å². The van der Waals surface area contributed by atoms with Gasteiger partial charge in [-0.25, -0.2) is 4.79 Å². The van der Waals surface area contributed by atoms with Gasteiger partial charge in [-0.05, 0) is 27.2 Å². The Morgan fingerprint density at radius 3 is 2.20 bits per heavy atom. The van der Waals surface area contributed by atoms with Crippen molar-refractivity contribution in [1.29, 1.82) is 0 Å². The summed E-state index contributed by atoms with van der Waals surface area (Å²) in [6.45, 7) is 4.96. The Bertz CT molecular complexity index is 257. The van der Waals surface area contributed by atoms with Crippen molar-refractivity contribution in [2.24, 2.45) is 5.92 Å². The summed E-state index contributed by atoms with van der Waals surface area (Å²) < 4.78 is 41.1. The standard InChI is InChI=1S/C9H14F3NO2/c1-8(2,3)15-7(14)13-6-4-5(6)9(10,11)12/h5-6H,4H2,1-3H3,(H,13,14)/t5-,6+/m0/s1. The highest BCUT2D eigenvalue weighted by Crippen LogP contribution is 2.44. The Kier molecular flexibility index (Phi) is 2.89. The molecule has 1 aliphatic carbocycles. The van der Waals surface area contributed by atoms with E-state index in [9.17, 15) is 18.0 Å². The third-order valence-corrected chi connectivity index (χ3v) is 1.91. The quantitative estimate of drug-likeness (QED) is 0.744. The lowest BCUT2D eigenvalue weighted by Gasteiger charge is -2.19. The molecule has 3 nitrogen and oxygen atoms in total. The summed E-state index contributed by atoms with van der Waals surface area (Å²) >= 11 is 0. The van der Waals surface area contributed by atoms with E-state index in [-0.39, 0.29) is 6.42 Å². The molecule has 0 unspecified atom stereocenters. The molecule has 15 heavy (non-hydrogen) atoms. The average molecular weight is 225 g/mol. The molecule has 0 aromatic carbocycles. The maximum atomic E-state index is 12.1. The minimum absolute atomic E-state index is 0.0528. The molecule has 0 saturated heterocycles. The first kappa shape index (κ1) is 12.1. The molecule has 0 spiro atoms. The Morgan fingerprint density at radius 1 is 1.33 bits per heavy atom. The van der Waals surface area contributed by atoms with E-state index in [2.05, 4.69) is 5.32 Å². The van der Waals surface area contributed by atoms with Crippen LogP contribution in [0.3, 0.4) is 0 Å². The predicted molar refractivity (Wildman–Crippen MR) is 47.3 cm³/mol. The molecular weight excluding hydrogens is 211 g/mol. The topological polar surface area (TPSA) is 38.3 Å². The molecular formula is C9H14F3NO2. The number of amides is 1. The Morgan fingerprint density at radius 2 is 1.87 bits per heavy atom. The second kappa shape index (κ2) is 3.57. The number of alkyl halides is 3. The van der Waals surface area contributed by atoms with Gasteiger partial charge in [0.25, 0.3) is 0 Å². The highest BCUT2D eigenvalue weighted by Gasteiger charge is 2.56. The summed E-state index contributed by atoms with van der Waals surface area (Å²) in [5.41, 5.74) is -0.688. The molecule has 1 saturated carbocycles. The number of halogens is 3. The molecule has 1 rings (SSSR count). The first-order chi connectivity index (χ1) is 6.59. The molecule has 0 aromatic heterocycles. The van der Waals surface area contributed by atoms with E-state index in [0.29, 0.717) is 0 Å². The SMILES string of the molecule is CC(C)(C)OC(=O)N[C@@H]1C[C@@H]1C(F)(F)F. The normalized spacial score (nSPS) is 26.0. The van der Waals surface area contributed by atoms with E-state index in [1.54, 1.807) is 20.8 Å². The largest absolute Gasteiger partial charge is 0.444 e. The van der Waals surface area contributed by atoms with Gasteiger partial charge >= 0.3 is 12.3 Å². The van der Waals surface area contributed by atoms with Crippen molar-refractivity contribution < 1.29 is 22.7 Å². The Labute approximate surface area is 86.0 Å². The fourth-order valence-electron chi connectivity index (χ4n) is 1.18. The predicted octanol–water partition coefficient (Wildman–Crippen LogP) is 2.46. The zero-order valence-electron chi connectivity index (χ0n) is 8.81. The van der Waals surface area contributed by atoms with Crippen LogP contribution in [0.15, 0.2) is 0 Å². The number of carbonyl (C=O) groups excluding carboxylic acids is 1. The summed E-state index contributed by atoms with van der Waals surface area (Å²) in [4.78, 5) is 11.1. The lowest BCUT2D eigenvalue weighted by Crippen LogP contribution is -2.35. The third-order valence-electron chi connectivity index (χ3n) is 1.91. The van der Waals surface area contributed by atoms with Gasteiger partial charge < -0.3 is 10.1 Å². The van der Waals surface area contributed by atoms with Crippen LogP contribution >= 0.6 is 0 Å². The van der Waals surface area contributed by atoms with E-state index in [1.807, 2.05) is 0 Å². The van der Waals surface area contributed by atoms with Crippen LogP contribution in [0.25, 0.3) is 0 Å². The number of hydrogen-bond acceptors (Lipinski definition) is 2. The zero-order chi connectivity index (χ0) is 11.9. The van der Waals surface area contributed by atoms with Gasteiger partial charge in [-0.2, -0.15) is 13.2 Å². The number of nitrogens with one attached hydrogen (secondary N) is 1. The molecule has 1 amide bonds. The molecule has 2 atom stereocenters. The van der Waals surface area contributed by atoms with E-state index in [4.69, 9.17) is 4.74 Å². The third kappa shape index (κ3) is 3.97. The second-order valence-electron chi connectivity index (χ2n) is 4.64. The van der Waals surface area contributed by atoms with Gasteiger partial charge in [-0.3, -0.25) is 0 Å². The minimum Gasteiger partial charge on any atom is -0.444 e.